The number of aryl methyl sites for hydroxylation is 1. The highest BCUT2D eigenvalue weighted by Gasteiger charge is 2.06. The van der Waals surface area contributed by atoms with E-state index in [4.69, 9.17) is 0 Å². The third kappa shape index (κ3) is 0.865. The van der Waals surface area contributed by atoms with Gasteiger partial charge in [0.1, 0.15) is 12.0 Å². The lowest BCUT2D eigenvalue weighted by Gasteiger charge is -1.93. The summed E-state index contributed by atoms with van der Waals surface area (Å²) in [5, 5.41) is 2.32. The summed E-state index contributed by atoms with van der Waals surface area (Å²) < 4.78 is 0. The van der Waals surface area contributed by atoms with Crippen molar-refractivity contribution in [3.63, 3.8) is 0 Å². The first kappa shape index (κ1) is 7.50. The lowest BCUT2D eigenvalue weighted by Crippen LogP contribution is -1.83. The van der Waals surface area contributed by atoms with Gasteiger partial charge in [-0.3, -0.25) is 0 Å². The molecule has 0 aliphatic rings. The molecule has 0 aliphatic carbocycles. The Morgan fingerprint density at radius 2 is 2.00 bits per heavy atom. The van der Waals surface area contributed by atoms with Crippen LogP contribution < -0.4 is 0 Å². The molecule has 0 amide bonds. The molecule has 14 heavy (non-hydrogen) atoms. The molecule has 0 saturated carbocycles. The van der Waals surface area contributed by atoms with Gasteiger partial charge in [-0.15, -0.1) is 0 Å². The van der Waals surface area contributed by atoms with Gasteiger partial charge in [0.05, 0.1) is 5.69 Å². The van der Waals surface area contributed by atoms with E-state index in [1.54, 1.807) is 6.33 Å². The SMILES string of the molecule is Cc1ncnc2[nH]c3ccccc3c12. The summed E-state index contributed by atoms with van der Waals surface area (Å²) in [4.78, 5) is 11.7. The molecule has 0 unspecified atom stereocenters. The van der Waals surface area contributed by atoms with Crippen molar-refractivity contribution >= 4 is 21.9 Å². The summed E-state index contributed by atoms with van der Waals surface area (Å²) >= 11 is 0. The average Bonchev–Trinajstić information content (AvgIpc) is 2.57. The number of aromatic nitrogens is 3. The number of nitrogens with zero attached hydrogens (tertiary/aromatic N) is 2. The van der Waals surface area contributed by atoms with Gasteiger partial charge in [0, 0.05) is 16.3 Å². The van der Waals surface area contributed by atoms with Gasteiger partial charge in [-0.1, -0.05) is 18.2 Å². The largest absolute Gasteiger partial charge is 0.339 e. The number of rotatable bonds is 0. The molecule has 0 bridgehead atoms. The molecule has 0 saturated heterocycles. The van der Waals surface area contributed by atoms with Crippen molar-refractivity contribution in [1.82, 2.24) is 15.0 Å². The molecular formula is C11H9N3. The molecule has 0 spiro atoms. The van der Waals surface area contributed by atoms with Crippen molar-refractivity contribution in [2.45, 2.75) is 6.92 Å². The van der Waals surface area contributed by atoms with Crippen molar-refractivity contribution in [3.05, 3.63) is 36.3 Å². The van der Waals surface area contributed by atoms with Gasteiger partial charge in [-0.2, -0.15) is 0 Å². The summed E-state index contributed by atoms with van der Waals surface area (Å²) in [5.74, 6) is 0. The van der Waals surface area contributed by atoms with Crippen molar-refractivity contribution < 1.29 is 0 Å². The number of hydrogen-bond donors (Lipinski definition) is 1. The number of fused-ring (bicyclic) bond motifs is 3. The zero-order valence-corrected chi connectivity index (χ0v) is 7.78. The number of aromatic amines is 1. The van der Waals surface area contributed by atoms with Crippen LogP contribution in [-0.2, 0) is 0 Å². The summed E-state index contributed by atoms with van der Waals surface area (Å²) in [6.45, 7) is 2.00. The van der Waals surface area contributed by atoms with Crippen LogP contribution in [0.15, 0.2) is 30.6 Å². The van der Waals surface area contributed by atoms with E-state index in [2.05, 4.69) is 27.1 Å². The fourth-order valence-electron chi connectivity index (χ4n) is 1.83. The van der Waals surface area contributed by atoms with Crippen molar-refractivity contribution in [3.8, 4) is 0 Å². The van der Waals surface area contributed by atoms with Crippen LogP contribution in [0.3, 0.4) is 0 Å². The molecule has 2 aromatic heterocycles. The van der Waals surface area contributed by atoms with Crippen LogP contribution in [0.25, 0.3) is 21.9 Å². The fraction of sp³-hybridized carbons (Fsp3) is 0.0909. The van der Waals surface area contributed by atoms with Gasteiger partial charge in [0.15, 0.2) is 0 Å². The highest BCUT2D eigenvalue weighted by atomic mass is 14.9. The third-order valence-corrected chi connectivity index (χ3v) is 2.49. The lowest BCUT2D eigenvalue weighted by molar-refractivity contribution is 1.14. The van der Waals surface area contributed by atoms with Gasteiger partial charge >= 0.3 is 0 Å². The Bertz CT molecular complexity index is 610. The summed E-state index contributed by atoms with van der Waals surface area (Å²) in [5.41, 5.74) is 3.05. The predicted molar refractivity (Wildman–Crippen MR) is 56.1 cm³/mol. The van der Waals surface area contributed by atoms with Crippen LogP contribution in [0, 0.1) is 6.92 Å². The minimum absolute atomic E-state index is 0.915. The second kappa shape index (κ2) is 2.54. The summed E-state index contributed by atoms with van der Waals surface area (Å²) in [6.07, 6.45) is 1.59. The van der Waals surface area contributed by atoms with Gasteiger partial charge in [-0.25, -0.2) is 9.97 Å². The highest BCUT2D eigenvalue weighted by Crippen LogP contribution is 2.24. The van der Waals surface area contributed by atoms with E-state index in [-0.39, 0.29) is 0 Å². The Kier molecular flexibility index (Phi) is 1.36. The summed E-state index contributed by atoms with van der Waals surface area (Å²) in [7, 11) is 0. The van der Waals surface area contributed by atoms with E-state index < -0.39 is 0 Å². The number of hydrogen-bond acceptors (Lipinski definition) is 2. The summed E-state index contributed by atoms with van der Waals surface area (Å²) in [6, 6.07) is 8.18. The minimum atomic E-state index is 0.915. The number of para-hydroxylation sites is 1. The van der Waals surface area contributed by atoms with Crippen LogP contribution in [0.5, 0.6) is 0 Å². The highest BCUT2D eigenvalue weighted by molar-refractivity contribution is 6.06. The zero-order chi connectivity index (χ0) is 9.54. The first-order valence-electron chi connectivity index (χ1n) is 4.54. The van der Waals surface area contributed by atoms with Crippen molar-refractivity contribution in [2.24, 2.45) is 0 Å². The van der Waals surface area contributed by atoms with Crippen LogP contribution in [0.2, 0.25) is 0 Å². The molecule has 0 fully saturated rings. The van der Waals surface area contributed by atoms with Gasteiger partial charge in [-0.05, 0) is 13.0 Å². The fourth-order valence-corrected chi connectivity index (χ4v) is 1.83. The smallest absolute Gasteiger partial charge is 0.142 e. The van der Waals surface area contributed by atoms with Crippen LogP contribution in [-0.4, -0.2) is 15.0 Å². The Morgan fingerprint density at radius 3 is 2.93 bits per heavy atom. The molecule has 1 aromatic carbocycles. The molecule has 0 atom stereocenters. The number of benzene rings is 1. The maximum absolute atomic E-state index is 4.21. The maximum atomic E-state index is 4.21. The molecular weight excluding hydrogens is 174 g/mol. The predicted octanol–water partition coefficient (Wildman–Crippen LogP) is 2.42. The number of H-pyrrole nitrogens is 1. The number of nitrogens with one attached hydrogen (secondary N) is 1. The normalized spacial score (nSPS) is 11.2. The lowest BCUT2D eigenvalue weighted by atomic mass is 10.2. The first-order chi connectivity index (χ1) is 6.86. The monoisotopic (exact) mass is 183 g/mol. The van der Waals surface area contributed by atoms with Gasteiger partial charge < -0.3 is 4.98 Å². The molecule has 0 radical (unpaired) electrons. The third-order valence-electron chi connectivity index (χ3n) is 2.49. The van der Waals surface area contributed by atoms with Crippen molar-refractivity contribution in [1.29, 1.82) is 0 Å². The van der Waals surface area contributed by atoms with E-state index >= 15 is 0 Å². The van der Waals surface area contributed by atoms with Crippen LogP contribution >= 0.6 is 0 Å². The molecule has 1 N–H and O–H groups in total. The van der Waals surface area contributed by atoms with E-state index in [0.29, 0.717) is 0 Å². The van der Waals surface area contributed by atoms with Crippen LogP contribution in [0.4, 0.5) is 0 Å². The van der Waals surface area contributed by atoms with Crippen LogP contribution in [0.1, 0.15) is 5.69 Å². The molecule has 2 heterocycles. The average molecular weight is 183 g/mol. The Morgan fingerprint density at radius 1 is 1.14 bits per heavy atom. The topological polar surface area (TPSA) is 41.6 Å². The molecule has 3 nitrogen and oxygen atoms in total. The Balaban J connectivity index is 2.65. The quantitative estimate of drug-likeness (QED) is 0.581. The molecule has 3 aromatic rings. The molecule has 3 heteroatoms. The Hall–Kier alpha value is -1.90. The zero-order valence-electron chi connectivity index (χ0n) is 7.78. The molecule has 0 aliphatic heterocycles. The second-order valence-corrected chi connectivity index (χ2v) is 3.35. The maximum Gasteiger partial charge on any atom is 0.142 e. The molecule has 3 rings (SSSR count). The van der Waals surface area contributed by atoms with E-state index in [0.717, 1.165) is 22.2 Å². The van der Waals surface area contributed by atoms with E-state index in [1.165, 1.54) is 5.39 Å². The van der Waals surface area contributed by atoms with E-state index in [1.807, 2.05) is 19.1 Å². The first-order valence-corrected chi connectivity index (χ1v) is 4.54. The van der Waals surface area contributed by atoms with Gasteiger partial charge in [0.2, 0.25) is 0 Å². The minimum Gasteiger partial charge on any atom is -0.339 e. The standard InChI is InChI=1S/C11H9N3/c1-7-10-8-4-2-3-5-9(8)14-11(10)13-6-12-7/h2-6H,1H3,(H,12,13,14). The Labute approximate surface area is 80.8 Å². The molecule has 68 valence electrons. The van der Waals surface area contributed by atoms with Crippen molar-refractivity contribution in [2.75, 3.05) is 0 Å². The second-order valence-electron chi connectivity index (χ2n) is 3.35. The van der Waals surface area contributed by atoms with Gasteiger partial charge in [0.25, 0.3) is 0 Å². The van der Waals surface area contributed by atoms with E-state index in [9.17, 15) is 0 Å².